The highest BCUT2D eigenvalue weighted by atomic mass is 32.2. The van der Waals surface area contributed by atoms with Crippen molar-refractivity contribution in [2.24, 2.45) is 10.8 Å². The lowest BCUT2D eigenvalue weighted by molar-refractivity contribution is 0.0266. The summed E-state index contributed by atoms with van der Waals surface area (Å²) < 4.78 is 0. The van der Waals surface area contributed by atoms with Gasteiger partial charge in [0.05, 0.1) is 0 Å². The lowest BCUT2D eigenvalue weighted by Crippen LogP contribution is -2.46. The van der Waals surface area contributed by atoms with Crippen LogP contribution in [0.25, 0.3) is 0 Å². The highest BCUT2D eigenvalue weighted by molar-refractivity contribution is 7.99. The summed E-state index contributed by atoms with van der Waals surface area (Å²) in [7, 11) is 0. The molecule has 2 fully saturated rings. The molecule has 0 N–H and O–H groups in total. The second-order valence-corrected chi connectivity index (χ2v) is 7.16. The van der Waals surface area contributed by atoms with E-state index in [2.05, 4.69) is 25.6 Å². The zero-order valence-corrected chi connectivity index (χ0v) is 10.9. The molecule has 0 bridgehead atoms. The highest BCUT2D eigenvalue weighted by Gasteiger charge is 2.57. The first-order valence-corrected chi connectivity index (χ1v) is 7.56. The summed E-state index contributed by atoms with van der Waals surface area (Å²) in [6.07, 6.45) is 8.87. The Morgan fingerprint density at radius 3 is 1.80 bits per heavy atom. The third-order valence-electron chi connectivity index (χ3n) is 5.38. The molecule has 15 heavy (non-hydrogen) atoms. The Morgan fingerprint density at radius 1 is 0.867 bits per heavy atom. The Bertz CT molecular complexity index is 287. The highest BCUT2D eigenvalue weighted by Crippen LogP contribution is 2.66. The van der Waals surface area contributed by atoms with Crippen LogP contribution in [0.4, 0.5) is 0 Å². The van der Waals surface area contributed by atoms with E-state index in [1.807, 2.05) is 0 Å². The first kappa shape index (κ1) is 10.3. The quantitative estimate of drug-likeness (QED) is 0.547. The average Bonchev–Trinajstić information content (AvgIpc) is 2.56. The summed E-state index contributed by atoms with van der Waals surface area (Å²) >= 11 is 2.24. The van der Waals surface area contributed by atoms with Crippen molar-refractivity contribution in [3.8, 4) is 0 Å². The molecule has 1 saturated carbocycles. The van der Waals surface area contributed by atoms with E-state index in [0.717, 1.165) is 10.8 Å². The van der Waals surface area contributed by atoms with Gasteiger partial charge < -0.3 is 0 Å². The first-order valence-electron chi connectivity index (χ1n) is 6.41. The van der Waals surface area contributed by atoms with Gasteiger partial charge in [-0.3, -0.25) is 0 Å². The molecule has 1 heterocycles. The molecule has 1 aliphatic heterocycles. The van der Waals surface area contributed by atoms with E-state index in [9.17, 15) is 0 Å². The van der Waals surface area contributed by atoms with Crippen molar-refractivity contribution in [2.45, 2.75) is 52.4 Å². The van der Waals surface area contributed by atoms with Gasteiger partial charge in [0, 0.05) is 0 Å². The molecular weight excluding hydrogens is 200 g/mol. The molecule has 84 valence electrons. The smallest absolute Gasteiger partial charge is 0.000179 e. The van der Waals surface area contributed by atoms with Crippen LogP contribution in [-0.4, -0.2) is 11.5 Å². The lowest BCUT2D eigenvalue weighted by Gasteiger charge is -2.53. The number of hydrogen-bond donors (Lipinski definition) is 0. The first-order chi connectivity index (χ1) is 7.18. The van der Waals surface area contributed by atoms with Crippen LogP contribution in [0.1, 0.15) is 52.4 Å². The van der Waals surface area contributed by atoms with E-state index < -0.39 is 0 Å². The van der Waals surface area contributed by atoms with Gasteiger partial charge in [-0.2, -0.15) is 11.8 Å². The van der Waals surface area contributed by atoms with Crippen molar-refractivity contribution in [3.63, 3.8) is 0 Å². The van der Waals surface area contributed by atoms with Crippen molar-refractivity contribution in [1.29, 1.82) is 0 Å². The summed E-state index contributed by atoms with van der Waals surface area (Å²) in [6, 6.07) is 0. The van der Waals surface area contributed by atoms with Gasteiger partial charge in [-0.05, 0) is 61.9 Å². The van der Waals surface area contributed by atoms with Crippen LogP contribution in [0.5, 0.6) is 0 Å². The monoisotopic (exact) mass is 222 g/mol. The molecular formula is C14H22S. The SMILES string of the molecule is CC1=C(C)CC23CCCCC2(CSC3)C1. The molecule has 0 radical (unpaired) electrons. The maximum Gasteiger partial charge on any atom is -0.000179 e. The Hall–Kier alpha value is 0.0900. The number of hydrogen-bond acceptors (Lipinski definition) is 1. The van der Waals surface area contributed by atoms with Crippen LogP contribution in [0, 0.1) is 10.8 Å². The topological polar surface area (TPSA) is 0 Å². The van der Waals surface area contributed by atoms with E-state index in [-0.39, 0.29) is 0 Å². The molecule has 0 aromatic carbocycles. The standard InChI is InChI=1S/C14H22S/c1-11-7-13-5-3-4-6-14(13,8-12(11)2)10-15-9-13/h3-10H2,1-2H3. The van der Waals surface area contributed by atoms with Gasteiger partial charge in [0.15, 0.2) is 0 Å². The van der Waals surface area contributed by atoms with E-state index in [1.165, 1.54) is 50.0 Å². The molecule has 1 heteroatoms. The fourth-order valence-electron chi connectivity index (χ4n) is 4.32. The minimum absolute atomic E-state index is 0.722. The molecule has 0 nitrogen and oxygen atoms in total. The van der Waals surface area contributed by atoms with Crippen LogP contribution < -0.4 is 0 Å². The van der Waals surface area contributed by atoms with Gasteiger partial charge in [0.1, 0.15) is 0 Å². The second-order valence-electron chi connectivity index (χ2n) is 6.17. The van der Waals surface area contributed by atoms with Gasteiger partial charge in [-0.15, -0.1) is 0 Å². The van der Waals surface area contributed by atoms with Crippen LogP contribution >= 0.6 is 11.8 Å². The molecule has 3 aliphatic rings. The van der Waals surface area contributed by atoms with Gasteiger partial charge in [0.25, 0.3) is 0 Å². The Balaban J connectivity index is 2.04. The lowest BCUT2D eigenvalue weighted by atomic mass is 9.51. The summed E-state index contributed by atoms with van der Waals surface area (Å²) in [6.45, 7) is 4.76. The molecule has 0 amide bonds. The van der Waals surface area contributed by atoms with Crippen LogP contribution in [0.2, 0.25) is 0 Å². The normalized spacial score (nSPS) is 45.2. The van der Waals surface area contributed by atoms with Crippen molar-refractivity contribution in [1.82, 2.24) is 0 Å². The summed E-state index contributed by atoms with van der Waals surface area (Å²) in [5.74, 6) is 2.91. The Labute approximate surface area is 97.9 Å². The molecule has 1 saturated heterocycles. The molecule has 3 rings (SSSR count). The van der Waals surface area contributed by atoms with Gasteiger partial charge in [0.2, 0.25) is 0 Å². The average molecular weight is 222 g/mol. The maximum atomic E-state index is 2.38. The third kappa shape index (κ3) is 1.28. The number of rotatable bonds is 0. The molecule has 2 aliphatic carbocycles. The van der Waals surface area contributed by atoms with Gasteiger partial charge in [-0.25, -0.2) is 0 Å². The third-order valence-corrected chi connectivity index (χ3v) is 6.89. The zero-order valence-electron chi connectivity index (χ0n) is 10.1. The van der Waals surface area contributed by atoms with Crippen LogP contribution in [-0.2, 0) is 0 Å². The molecule has 0 spiro atoms. The van der Waals surface area contributed by atoms with Gasteiger partial charge >= 0.3 is 0 Å². The van der Waals surface area contributed by atoms with Crippen molar-refractivity contribution >= 4 is 11.8 Å². The van der Waals surface area contributed by atoms with Crippen LogP contribution in [0.3, 0.4) is 0 Å². The Morgan fingerprint density at radius 2 is 1.33 bits per heavy atom. The van der Waals surface area contributed by atoms with E-state index in [0.29, 0.717) is 0 Å². The van der Waals surface area contributed by atoms with Crippen molar-refractivity contribution in [3.05, 3.63) is 11.1 Å². The summed E-state index contributed by atoms with van der Waals surface area (Å²) in [4.78, 5) is 0. The van der Waals surface area contributed by atoms with Crippen molar-refractivity contribution < 1.29 is 0 Å². The van der Waals surface area contributed by atoms with Crippen molar-refractivity contribution in [2.75, 3.05) is 11.5 Å². The predicted molar refractivity (Wildman–Crippen MR) is 68.3 cm³/mol. The molecule has 0 aromatic rings. The molecule has 2 atom stereocenters. The maximum absolute atomic E-state index is 2.38. The van der Waals surface area contributed by atoms with E-state index >= 15 is 0 Å². The van der Waals surface area contributed by atoms with E-state index in [1.54, 1.807) is 11.1 Å². The Kier molecular flexibility index (Phi) is 2.25. The fraction of sp³-hybridized carbons (Fsp3) is 0.857. The summed E-state index contributed by atoms with van der Waals surface area (Å²) in [5.41, 5.74) is 4.88. The molecule has 0 aromatic heterocycles. The fourth-order valence-corrected chi connectivity index (χ4v) is 6.31. The number of thioether (sulfide) groups is 1. The largest absolute Gasteiger partial charge is 0.161 e. The minimum Gasteiger partial charge on any atom is -0.161 e. The van der Waals surface area contributed by atoms with Crippen LogP contribution in [0.15, 0.2) is 11.1 Å². The van der Waals surface area contributed by atoms with E-state index in [4.69, 9.17) is 0 Å². The molecule has 2 unspecified atom stereocenters. The minimum atomic E-state index is 0.722. The second kappa shape index (κ2) is 3.29. The predicted octanol–water partition coefficient (Wildman–Crippen LogP) is 4.41. The number of allylic oxidation sites excluding steroid dienone is 2. The summed E-state index contributed by atoms with van der Waals surface area (Å²) in [5, 5.41) is 0. The zero-order chi connectivity index (χ0) is 10.5. The van der Waals surface area contributed by atoms with Gasteiger partial charge in [-0.1, -0.05) is 24.0 Å².